The molecule has 1 aromatic carbocycles. The number of halogens is 1. The van der Waals surface area contributed by atoms with Crippen molar-refractivity contribution in [1.82, 2.24) is 20.1 Å². The van der Waals surface area contributed by atoms with Crippen molar-refractivity contribution >= 4 is 35.2 Å². The van der Waals surface area contributed by atoms with E-state index in [0.29, 0.717) is 30.1 Å². The first-order chi connectivity index (χ1) is 14.6. The van der Waals surface area contributed by atoms with Crippen LogP contribution >= 0.6 is 11.8 Å². The standard InChI is InChI=1S/C19H23FN6O3S/c20-13-1-3-14(4-2-13)22-16(27)11-21-17(28)12-30-19-24-23-18(26(19)15-5-6-15)25-7-9-29-10-8-25/h1-4,15H,5-12H2,(H,21,28)(H,22,27). The molecule has 2 aliphatic rings. The summed E-state index contributed by atoms with van der Waals surface area (Å²) in [4.78, 5) is 26.3. The van der Waals surface area contributed by atoms with Crippen LogP contribution in [0.3, 0.4) is 0 Å². The molecule has 11 heteroatoms. The van der Waals surface area contributed by atoms with Crippen LogP contribution < -0.4 is 15.5 Å². The Labute approximate surface area is 177 Å². The summed E-state index contributed by atoms with van der Waals surface area (Å²) in [5.74, 6) is -0.0580. The number of rotatable bonds is 8. The van der Waals surface area contributed by atoms with Gasteiger partial charge in [-0.15, -0.1) is 10.2 Å². The zero-order chi connectivity index (χ0) is 20.9. The van der Waals surface area contributed by atoms with E-state index in [4.69, 9.17) is 4.74 Å². The third-order valence-electron chi connectivity index (χ3n) is 4.76. The van der Waals surface area contributed by atoms with Gasteiger partial charge in [0.1, 0.15) is 5.82 Å². The molecule has 1 aliphatic heterocycles. The Balaban J connectivity index is 1.27. The van der Waals surface area contributed by atoms with Crippen LogP contribution in [-0.4, -0.2) is 65.2 Å². The molecule has 160 valence electrons. The highest BCUT2D eigenvalue weighted by Gasteiger charge is 2.32. The molecular formula is C19H23FN6O3S. The van der Waals surface area contributed by atoms with Crippen molar-refractivity contribution < 1.29 is 18.7 Å². The van der Waals surface area contributed by atoms with Gasteiger partial charge < -0.3 is 20.3 Å². The third-order valence-corrected chi connectivity index (χ3v) is 5.70. The highest BCUT2D eigenvalue weighted by atomic mass is 32.2. The number of hydrogen-bond acceptors (Lipinski definition) is 7. The number of anilines is 2. The van der Waals surface area contributed by atoms with Gasteiger partial charge in [0, 0.05) is 24.8 Å². The molecule has 1 aliphatic carbocycles. The number of carbonyl (C=O) groups is 2. The van der Waals surface area contributed by atoms with Gasteiger partial charge in [0.25, 0.3) is 0 Å². The molecule has 1 saturated heterocycles. The topological polar surface area (TPSA) is 101 Å². The second kappa shape index (κ2) is 9.43. The summed E-state index contributed by atoms with van der Waals surface area (Å²) in [6.45, 7) is 2.73. The molecule has 1 aromatic heterocycles. The summed E-state index contributed by atoms with van der Waals surface area (Å²) < 4.78 is 20.4. The minimum absolute atomic E-state index is 0.137. The lowest BCUT2D eigenvalue weighted by atomic mass is 10.3. The van der Waals surface area contributed by atoms with Crippen molar-refractivity contribution in [1.29, 1.82) is 0 Å². The van der Waals surface area contributed by atoms with Gasteiger partial charge >= 0.3 is 0 Å². The fourth-order valence-electron chi connectivity index (χ4n) is 3.10. The Morgan fingerprint density at radius 2 is 1.87 bits per heavy atom. The van der Waals surface area contributed by atoms with E-state index < -0.39 is 0 Å². The number of benzene rings is 1. The average Bonchev–Trinajstić information content (AvgIpc) is 3.52. The van der Waals surface area contributed by atoms with Crippen LogP contribution in [0.2, 0.25) is 0 Å². The lowest BCUT2D eigenvalue weighted by molar-refractivity contribution is -0.122. The fraction of sp³-hybridized carbons (Fsp3) is 0.474. The number of aromatic nitrogens is 3. The molecule has 0 atom stereocenters. The van der Waals surface area contributed by atoms with Gasteiger partial charge in [0.05, 0.1) is 25.5 Å². The summed E-state index contributed by atoms with van der Waals surface area (Å²) in [5, 5.41) is 14.5. The van der Waals surface area contributed by atoms with Crippen molar-refractivity contribution in [3.63, 3.8) is 0 Å². The fourth-order valence-corrected chi connectivity index (χ4v) is 3.93. The van der Waals surface area contributed by atoms with Crippen LogP contribution in [0.25, 0.3) is 0 Å². The van der Waals surface area contributed by atoms with E-state index in [-0.39, 0.29) is 29.9 Å². The van der Waals surface area contributed by atoms with Gasteiger partial charge in [0.15, 0.2) is 5.16 Å². The first kappa shape index (κ1) is 20.6. The number of nitrogens with zero attached hydrogens (tertiary/aromatic N) is 4. The number of hydrogen-bond donors (Lipinski definition) is 2. The van der Waals surface area contributed by atoms with Gasteiger partial charge in [-0.3, -0.25) is 14.2 Å². The smallest absolute Gasteiger partial charge is 0.243 e. The van der Waals surface area contributed by atoms with Gasteiger partial charge in [0.2, 0.25) is 17.8 Å². The maximum absolute atomic E-state index is 12.9. The first-order valence-electron chi connectivity index (χ1n) is 9.82. The van der Waals surface area contributed by atoms with Crippen LogP contribution in [0.15, 0.2) is 29.4 Å². The van der Waals surface area contributed by atoms with Crippen LogP contribution in [0.5, 0.6) is 0 Å². The second-order valence-corrected chi connectivity index (χ2v) is 8.05. The van der Waals surface area contributed by atoms with Crippen LogP contribution in [0, 0.1) is 5.82 Å². The Kier molecular flexibility index (Phi) is 6.48. The highest BCUT2D eigenvalue weighted by Crippen LogP contribution is 2.41. The van der Waals surface area contributed by atoms with Crippen LogP contribution in [-0.2, 0) is 14.3 Å². The summed E-state index contributed by atoms with van der Waals surface area (Å²) in [6.07, 6.45) is 2.16. The van der Waals surface area contributed by atoms with E-state index in [1.54, 1.807) is 0 Å². The molecule has 0 radical (unpaired) electrons. The minimum atomic E-state index is -0.380. The van der Waals surface area contributed by atoms with Crippen molar-refractivity contribution in [2.75, 3.05) is 48.8 Å². The molecule has 1 saturated carbocycles. The lowest BCUT2D eigenvalue weighted by Crippen LogP contribution is -2.38. The number of amides is 2. The monoisotopic (exact) mass is 434 g/mol. The lowest BCUT2D eigenvalue weighted by Gasteiger charge is -2.27. The Morgan fingerprint density at radius 1 is 1.13 bits per heavy atom. The largest absolute Gasteiger partial charge is 0.378 e. The highest BCUT2D eigenvalue weighted by molar-refractivity contribution is 7.99. The Bertz CT molecular complexity index is 896. The zero-order valence-electron chi connectivity index (χ0n) is 16.3. The normalized spacial score (nSPS) is 16.4. The second-order valence-electron chi connectivity index (χ2n) is 7.10. The number of carbonyl (C=O) groups excluding carboxylic acids is 2. The molecule has 2 fully saturated rings. The van der Waals surface area contributed by atoms with Crippen LogP contribution in [0.4, 0.5) is 16.0 Å². The number of morpholine rings is 1. The maximum Gasteiger partial charge on any atom is 0.243 e. The van der Waals surface area contributed by atoms with Gasteiger partial charge in [-0.25, -0.2) is 4.39 Å². The van der Waals surface area contributed by atoms with Gasteiger partial charge in [-0.2, -0.15) is 0 Å². The molecule has 2 N–H and O–H groups in total. The minimum Gasteiger partial charge on any atom is -0.378 e. The summed E-state index contributed by atoms with van der Waals surface area (Å²) in [6, 6.07) is 5.81. The maximum atomic E-state index is 12.9. The SMILES string of the molecule is O=C(CSc1nnc(N2CCOCC2)n1C1CC1)NCC(=O)Nc1ccc(F)cc1. The zero-order valence-corrected chi connectivity index (χ0v) is 17.2. The van der Waals surface area contributed by atoms with E-state index in [1.165, 1.54) is 36.0 Å². The molecule has 0 unspecified atom stereocenters. The summed E-state index contributed by atoms with van der Waals surface area (Å²) in [5.41, 5.74) is 0.471. The number of nitrogens with one attached hydrogen (secondary N) is 2. The first-order valence-corrected chi connectivity index (χ1v) is 10.8. The van der Waals surface area contributed by atoms with E-state index in [0.717, 1.165) is 31.9 Å². The molecule has 2 aromatic rings. The average molecular weight is 434 g/mol. The molecule has 0 spiro atoms. The third kappa shape index (κ3) is 5.28. The van der Waals surface area contributed by atoms with E-state index in [9.17, 15) is 14.0 Å². The van der Waals surface area contributed by atoms with Crippen LogP contribution in [0.1, 0.15) is 18.9 Å². The van der Waals surface area contributed by atoms with Gasteiger partial charge in [-0.05, 0) is 37.1 Å². The Hall–Kier alpha value is -2.66. The molecule has 30 heavy (non-hydrogen) atoms. The molecule has 2 amide bonds. The Morgan fingerprint density at radius 3 is 2.57 bits per heavy atom. The van der Waals surface area contributed by atoms with Crippen molar-refractivity contribution in [2.24, 2.45) is 0 Å². The molecular weight excluding hydrogens is 411 g/mol. The van der Waals surface area contributed by atoms with E-state index in [2.05, 4.69) is 30.3 Å². The quantitative estimate of drug-likeness (QED) is 0.606. The van der Waals surface area contributed by atoms with Crippen molar-refractivity contribution in [2.45, 2.75) is 24.0 Å². The van der Waals surface area contributed by atoms with E-state index in [1.807, 2.05) is 0 Å². The molecule has 2 heterocycles. The predicted octanol–water partition coefficient (Wildman–Crippen LogP) is 1.44. The predicted molar refractivity (Wildman–Crippen MR) is 110 cm³/mol. The van der Waals surface area contributed by atoms with Crippen molar-refractivity contribution in [3.8, 4) is 0 Å². The number of thioether (sulfide) groups is 1. The molecule has 0 bridgehead atoms. The summed E-state index contributed by atoms with van der Waals surface area (Å²) >= 11 is 1.31. The summed E-state index contributed by atoms with van der Waals surface area (Å²) in [7, 11) is 0. The van der Waals surface area contributed by atoms with Crippen molar-refractivity contribution in [3.05, 3.63) is 30.1 Å². The van der Waals surface area contributed by atoms with Gasteiger partial charge in [-0.1, -0.05) is 11.8 Å². The molecule has 4 rings (SSSR count). The number of ether oxygens (including phenoxy) is 1. The molecule has 9 nitrogen and oxygen atoms in total. The van der Waals surface area contributed by atoms with E-state index >= 15 is 0 Å².